The van der Waals surface area contributed by atoms with Crippen LogP contribution in [0.1, 0.15) is 32.3 Å². The predicted octanol–water partition coefficient (Wildman–Crippen LogP) is 3.00. The molecule has 5 nitrogen and oxygen atoms in total. The van der Waals surface area contributed by atoms with E-state index in [-0.39, 0.29) is 12.1 Å². The van der Waals surface area contributed by atoms with Crippen molar-refractivity contribution in [1.82, 2.24) is 10.2 Å². The standard InChI is InChI=1S/C17H27N3O2/c1-4-20-10-8-14(9-11-20)18-17(21)19-15-7-6-13(3)16(12-15)22-5-2/h6-7,12,14H,4-5,8-11H2,1-3H3,(H2,18,19,21). The summed E-state index contributed by atoms with van der Waals surface area (Å²) < 4.78 is 5.56. The van der Waals surface area contributed by atoms with E-state index < -0.39 is 0 Å². The van der Waals surface area contributed by atoms with E-state index >= 15 is 0 Å². The number of urea groups is 1. The molecule has 0 saturated carbocycles. The molecule has 1 aliphatic heterocycles. The Morgan fingerprint density at radius 2 is 2.05 bits per heavy atom. The van der Waals surface area contributed by atoms with E-state index in [1.807, 2.05) is 32.0 Å². The van der Waals surface area contributed by atoms with Crippen LogP contribution >= 0.6 is 0 Å². The van der Waals surface area contributed by atoms with Gasteiger partial charge in [-0.3, -0.25) is 0 Å². The Morgan fingerprint density at radius 1 is 1.32 bits per heavy atom. The lowest BCUT2D eigenvalue weighted by Crippen LogP contribution is -2.45. The number of anilines is 1. The maximum atomic E-state index is 12.1. The summed E-state index contributed by atoms with van der Waals surface area (Å²) in [6.07, 6.45) is 2.03. The average Bonchev–Trinajstić information content (AvgIpc) is 2.51. The maximum Gasteiger partial charge on any atom is 0.319 e. The number of carbonyl (C=O) groups excluding carboxylic acids is 1. The molecular formula is C17H27N3O2. The van der Waals surface area contributed by atoms with E-state index in [0.29, 0.717) is 6.61 Å². The molecule has 1 saturated heterocycles. The molecule has 1 heterocycles. The minimum atomic E-state index is -0.138. The maximum absolute atomic E-state index is 12.1. The van der Waals surface area contributed by atoms with Crippen LogP contribution in [0.3, 0.4) is 0 Å². The fraction of sp³-hybridized carbons (Fsp3) is 0.588. The first-order valence-corrected chi connectivity index (χ1v) is 8.15. The summed E-state index contributed by atoms with van der Waals surface area (Å²) >= 11 is 0. The SMILES string of the molecule is CCOc1cc(NC(=O)NC2CCN(CC)CC2)ccc1C. The van der Waals surface area contributed by atoms with Gasteiger partial charge in [0, 0.05) is 30.9 Å². The molecular weight excluding hydrogens is 278 g/mol. The Morgan fingerprint density at radius 3 is 2.68 bits per heavy atom. The minimum Gasteiger partial charge on any atom is -0.494 e. The van der Waals surface area contributed by atoms with Gasteiger partial charge in [0.05, 0.1) is 6.61 Å². The van der Waals surface area contributed by atoms with Gasteiger partial charge in [0.2, 0.25) is 0 Å². The number of benzene rings is 1. The van der Waals surface area contributed by atoms with Gasteiger partial charge in [0.25, 0.3) is 0 Å². The molecule has 1 aromatic carbocycles. The molecule has 5 heteroatoms. The number of likely N-dealkylation sites (tertiary alicyclic amines) is 1. The minimum absolute atomic E-state index is 0.138. The van der Waals surface area contributed by atoms with Crippen molar-refractivity contribution >= 4 is 11.7 Å². The van der Waals surface area contributed by atoms with Crippen LogP contribution in [-0.2, 0) is 0 Å². The first-order chi connectivity index (χ1) is 10.6. The lowest BCUT2D eigenvalue weighted by Gasteiger charge is -2.31. The van der Waals surface area contributed by atoms with Gasteiger partial charge in [0.1, 0.15) is 5.75 Å². The average molecular weight is 305 g/mol. The van der Waals surface area contributed by atoms with Crippen LogP contribution in [0.2, 0.25) is 0 Å². The quantitative estimate of drug-likeness (QED) is 0.879. The van der Waals surface area contributed by atoms with E-state index in [2.05, 4.69) is 22.5 Å². The number of carbonyl (C=O) groups is 1. The lowest BCUT2D eigenvalue weighted by molar-refractivity contribution is 0.203. The molecule has 0 aliphatic carbocycles. The number of hydrogen-bond acceptors (Lipinski definition) is 3. The zero-order valence-corrected chi connectivity index (χ0v) is 13.8. The van der Waals surface area contributed by atoms with E-state index in [1.54, 1.807) is 0 Å². The van der Waals surface area contributed by atoms with Crippen molar-refractivity contribution < 1.29 is 9.53 Å². The Balaban J connectivity index is 1.85. The first kappa shape index (κ1) is 16.6. The monoisotopic (exact) mass is 305 g/mol. The van der Waals surface area contributed by atoms with Crippen LogP contribution < -0.4 is 15.4 Å². The second-order valence-electron chi connectivity index (χ2n) is 5.72. The Bertz CT molecular complexity index is 497. The highest BCUT2D eigenvalue weighted by Gasteiger charge is 2.19. The Labute approximate surface area is 133 Å². The predicted molar refractivity (Wildman–Crippen MR) is 89.6 cm³/mol. The number of rotatable bonds is 5. The van der Waals surface area contributed by atoms with Crippen LogP contribution in [0.5, 0.6) is 5.75 Å². The molecule has 0 aromatic heterocycles. The molecule has 122 valence electrons. The molecule has 0 bridgehead atoms. The molecule has 2 N–H and O–H groups in total. The molecule has 0 atom stereocenters. The molecule has 0 spiro atoms. The largest absolute Gasteiger partial charge is 0.494 e. The van der Waals surface area contributed by atoms with Crippen LogP contribution in [0.4, 0.5) is 10.5 Å². The van der Waals surface area contributed by atoms with Gasteiger partial charge in [-0.25, -0.2) is 4.79 Å². The number of hydrogen-bond donors (Lipinski definition) is 2. The highest BCUT2D eigenvalue weighted by molar-refractivity contribution is 5.89. The third-order valence-electron chi connectivity index (χ3n) is 4.12. The number of nitrogens with zero attached hydrogens (tertiary/aromatic N) is 1. The summed E-state index contributed by atoms with van der Waals surface area (Å²) in [6, 6.07) is 5.86. The van der Waals surface area contributed by atoms with Gasteiger partial charge < -0.3 is 20.3 Å². The van der Waals surface area contributed by atoms with Crippen LogP contribution in [0.15, 0.2) is 18.2 Å². The number of amides is 2. The molecule has 2 amide bonds. The van der Waals surface area contributed by atoms with Crippen molar-refractivity contribution in [3.05, 3.63) is 23.8 Å². The number of piperidine rings is 1. The topological polar surface area (TPSA) is 53.6 Å². The van der Waals surface area contributed by atoms with E-state index in [9.17, 15) is 4.79 Å². The fourth-order valence-electron chi connectivity index (χ4n) is 2.73. The van der Waals surface area contributed by atoms with Crippen molar-refractivity contribution in [2.24, 2.45) is 0 Å². The summed E-state index contributed by atoms with van der Waals surface area (Å²) in [4.78, 5) is 14.5. The number of ether oxygens (including phenoxy) is 1. The molecule has 1 fully saturated rings. The van der Waals surface area contributed by atoms with Gasteiger partial charge in [-0.15, -0.1) is 0 Å². The molecule has 0 radical (unpaired) electrons. The van der Waals surface area contributed by atoms with E-state index in [1.165, 1.54) is 0 Å². The van der Waals surface area contributed by atoms with Crippen molar-refractivity contribution in [1.29, 1.82) is 0 Å². The highest BCUT2D eigenvalue weighted by Crippen LogP contribution is 2.22. The Kier molecular flexibility index (Phi) is 6.07. The zero-order valence-electron chi connectivity index (χ0n) is 13.8. The van der Waals surface area contributed by atoms with Crippen LogP contribution in [0.25, 0.3) is 0 Å². The van der Waals surface area contributed by atoms with Crippen LogP contribution in [0, 0.1) is 6.92 Å². The zero-order chi connectivity index (χ0) is 15.9. The molecule has 1 aliphatic rings. The summed E-state index contributed by atoms with van der Waals surface area (Å²) in [5.41, 5.74) is 1.83. The summed E-state index contributed by atoms with van der Waals surface area (Å²) in [5, 5.41) is 5.96. The molecule has 22 heavy (non-hydrogen) atoms. The summed E-state index contributed by atoms with van der Waals surface area (Å²) in [5.74, 6) is 0.816. The van der Waals surface area contributed by atoms with Gasteiger partial charge in [-0.2, -0.15) is 0 Å². The third kappa shape index (κ3) is 4.63. The van der Waals surface area contributed by atoms with Crippen molar-refractivity contribution in [3.63, 3.8) is 0 Å². The van der Waals surface area contributed by atoms with Crippen LogP contribution in [-0.4, -0.2) is 43.2 Å². The Hall–Kier alpha value is -1.75. The third-order valence-corrected chi connectivity index (χ3v) is 4.12. The number of aryl methyl sites for hydroxylation is 1. The van der Waals surface area contributed by atoms with Gasteiger partial charge in [-0.1, -0.05) is 13.0 Å². The normalized spacial score (nSPS) is 16.3. The van der Waals surface area contributed by atoms with E-state index in [0.717, 1.165) is 49.5 Å². The second kappa shape index (κ2) is 8.03. The highest BCUT2D eigenvalue weighted by atomic mass is 16.5. The first-order valence-electron chi connectivity index (χ1n) is 8.15. The molecule has 2 rings (SSSR count). The second-order valence-corrected chi connectivity index (χ2v) is 5.72. The summed E-state index contributed by atoms with van der Waals surface area (Å²) in [7, 11) is 0. The van der Waals surface area contributed by atoms with Gasteiger partial charge in [0.15, 0.2) is 0 Å². The smallest absolute Gasteiger partial charge is 0.319 e. The van der Waals surface area contributed by atoms with E-state index in [4.69, 9.17) is 4.74 Å². The fourth-order valence-corrected chi connectivity index (χ4v) is 2.73. The van der Waals surface area contributed by atoms with Crippen molar-refractivity contribution in [3.8, 4) is 5.75 Å². The van der Waals surface area contributed by atoms with Gasteiger partial charge in [-0.05, 0) is 44.9 Å². The molecule has 0 unspecified atom stereocenters. The van der Waals surface area contributed by atoms with Crippen molar-refractivity contribution in [2.75, 3.05) is 31.6 Å². The molecule has 1 aromatic rings. The lowest BCUT2D eigenvalue weighted by atomic mass is 10.1. The summed E-state index contributed by atoms with van der Waals surface area (Å²) in [6.45, 7) is 9.94. The number of nitrogens with one attached hydrogen (secondary N) is 2. The van der Waals surface area contributed by atoms with Gasteiger partial charge >= 0.3 is 6.03 Å². The van der Waals surface area contributed by atoms with Crippen molar-refractivity contribution in [2.45, 2.75) is 39.7 Å².